The Morgan fingerprint density at radius 3 is 2.40 bits per heavy atom. The van der Waals surface area contributed by atoms with Crippen molar-refractivity contribution < 1.29 is 5.11 Å². The molecule has 0 amide bonds. The first-order valence-corrected chi connectivity index (χ1v) is 10.1. The maximum absolute atomic E-state index is 10.8. The van der Waals surface area contributed by atoms with E-state index in [1.54, 1.807) is 0 Å². The summed E-state index contributed by atoms with van der Waals surface area (Å²) < 4.78 is 3.37. The second-order valence-corrected chi connectivity index (χ2v) is 8.07. The molecule has 4 rings (SSSR count). The highest BCUT2D eigenvalue weighted by molar-refractivity contribution is 9.10. The average Bonchev–Trinajstić information content (AvgIpc) is 2.77. The normalized spacial score (nSPS) is 17.8. The van der Waals surface area contributed by atoms with Gasteiger partial charge in [-0.15, -0.1) is 0 Å². The van der Waals surface area contributed by atoms with Crippen LogP contribution in [-0.2, 0) is 6.54 Å². The Morgan fingerprint density at radius 2 is 1.60 bits per heavy atom. The number of fused-ring (bicyclic) bond motifs is 3. The third-order valence-corrected chi connectivity index (χ3v) is 5.79. The molecule has 1 unspecified atom stereocenters. The summed E-state index contributed by atoms with van der Waals surface area (Å²) in [6.07, 6.45) is 4.83. The Bertz CT molecular complexity index is 865. The zero-order valence-corrected chi connectivity index (χ0v) is 16.1. The highest BCUT2D eigenvalue weighted by Crippen LogP contribution is 2.31. The molecule has 25 heavy (non-hydrogen) atoms. The maximum Gasteiger partial charge on any atom is 0.0845 e. The van der Waals surface area contributed by atoms with Crippen molar-refractivity contribution in [3.63, 3.8) is 0 Å². The van der Waals surface area contributed by atoms with Crippen molar-refractivity contribution in [2.45, 2.75) is 38.3 Å². The molecule has 3 aromatic rings. The van der Waals surface area contributed by atoms with Gasteiger partial charge in [0.2, 0.25) is 0 Å². The molecule has 3 nitrogen and oxygen atoms in total. The summed E-state index contributed by atoms with van der Waals surface area (Å²) in [6, 6.07) is 14.9. The van der Waals surface area contributed by atoms with Crippen LogP contribution in [-0.4, -0.2) is 40.3 Å². The summed E-state index contributed by atoms with van der Waals surface area (Å²) in [5.74, 6) is 0. The number of likely N-dealkylation sites (tertiary alicyclic amines) is 1. The lowest BCUT2D eigenvalue weighted by atomic mass is 10.2. The van der Waals surface area contributed by atoms with Crippen LogP contribution in [0.1, 0.15) is 25.7 Å². The van der Waals surface area contributed by atoms with Gasteiger partial charge in [0.15, 0.2) is 0 Å². The van der Waals surface area contributed by atoms with Crippen LogP contribution in [0.25, 0.3) is 21.8 Å². The molecule has 1 aliphatic rings. The molecular weight excluding hydrogens is 376 g/mol. The van der Waals surface area contributed by atoms with Crippen molar-refractivity contribution in [2.24, 2.45) is 0 Å². The van der Waals surface area contributed by atoms with Crippen LogP contribution in [0, 0.1) is 0 Å². The number of nitrogens with zero attached hydrogens (tertiary/aromatic N) is 2. The number of aliphatic hydroxyl groups is 1. The summed E-state index contributed by atoms with van der Waals surface area (Å²) in [5.41, 5.74) is 2.39. The lowest BCUT2D eigenvalue weighted by molar-refractivity contribution is 0.102. The zero-order valence-electron chi connectivity index (χ0n) is 14.5. The Hall–Kier alpha value is -1.36. The van der Waals surface area contributed by atoms with E-state index in [1.165, 1.54) is 47.5 Å². The lowest BCUT2D eigenvalue weighted by Gasteiger charge is -2.24. The molecule has 2 heterocycles. The van der Waals surface area contributed by atoms with Gasteiger partial charge in [0.05, 0.1) is 12.6 Å². The fourth-order valence-electron chi connectivity index (χ4n) is 4.11. The molecule has 0 aliphatic carbocycles. The van der Waals surface area contributed by atoms with Gasteiger partial charge < -0.3 is 14.6 Å². The van der Waals surface area contributed by atoms with E-state index in [2.05, 4.69) is 67.9 Å². The third-order valence-electron chi connectivity index (χ3n) is 5.30. The molecule has 1 saturated heterocycles. The number of rotatable bonds is 4. The third kappa shape index (κ3) is 3.62. The maximum atomic E-state index is 10.8. The van der Waals surface area contributed by atoms with E-state index in [9.17, 15) is 5.11 Å². The van der Waals surface area contributed by atoms with Crippen LogP contribution >= 0.6 is 15.9 Å². The number of aliphatic hydroxyl groups excluding tert-OH is 1. The van der Waals surface area contributed by atoms with Crippen molar-refractivity contribution in [3.05, 3.63) is 46.9 Å². The fraction of sp³-hybridized carbons (Fsp3) is 0.429. The summed E-state index contributed by atoms with van der Waals surface area (Å²) in [7, 11) is 0. The molecule has 1 N–H and O–H groups in total. The van der Waals surface area contributed by atoms with E-state index in [-0.39, 0.29) is 6.10 Å². The van der Waals surface area contributed by atoms with Gasteiger partial charge in [0.25, 0.3) is 0 Å². The second-order valence-electron chi connectivity index (χ2n) is 7.16. The highest BCUT2D eigenvalue weighted by atomic mass is 79.9. The van der Waals surface area contributed by atoms with Gasteiger partial charge in [-0.05, 0) is 50.2 Å². The van der Waals surface area contributed by atoms with Gasteiger partial charge in [-0.2, -0.15) is 0 Å². The Balaban J connectivity index is 1.63. The van der Waals surface area contributed by atoms with Gasteiger partial charge >= 0.3 is 0 Å². The molecule has 0 radical (unpaired) electrons. The van der Waals surface area contributed by atoms with Gasteiger partial charge in [0, 0.05) is 32.8 Å². The average molecular weight is 401 g/mol. The number of β-amino-alcohol motifs (C(OH)–C–C–N with tert-alkyl or cyclic N) is 1. The van der Waals surface area contributed by atoms with Crippen molar-refractivity contribution in [3.8, 4) is 0 Å². The molecule has 4 heteroatoms. The predicted octanol–water partition coefficient (Wildman–Crippen LogP) is 4.79. The van der Waals surface area contributed by atoms with Crippen LogP contribution in [0.4, 0.5) is 0 Å². The van der Waals surface area contributed by atoms with E-state index in [0.29, 0.717) is 6.54 Å². The Kier molecular flexibility index (Phi) is 5.11. The van der Waals surface area contributed by atoms with E-state index >= 15 is 0 Å². The van der Waals surface area contributed by atoms with Gasteiger partial charge in [-0.3, -0.25) is 0 Å². The van der Waals surface area contributed by atoms with E-state index in [4.69, 9.17) is 0 Å². The molecule has 0 saturated carbocycles. The molecule has 0 bridgehead atoms. The number of benzene rings is 2. The first-order valence-electron chi connectivity index (χ1n) is 9.29. The number of halogens is 1. The van der Waals surface area contributed by atoms with Crippen LogP contribution in [0.2, 0.25) is 0 Å². The predicted molar refractivity (Wildman–Crippen MR) is 108 cm³/mol. The van der Waals surface area contributed by atoms with Crippen LogP contribution in [0.3, 0.4) is 0 Å². The van der Waals surface area contributed by atoms with Gasteiger partial charge in [0.1, 0.15) is 0 Å². The molecule has 0 spiro atoms. The molecule has 1 fully saturated rings. The minimum Gasteiger partial charge on any atom is -0.390 e. The monoisotopic (exact) mass is 400 g/mol. The molecule has 132 valence electrons. The zero-order chi connectivity index (χ0) is 17.2. The van der Waals surface area contributed by atoms with E-state index < -0.39 is 0 Å². The minimum atomic E-state index is -0.347. The summed E-state index contributed by atoms with van der Waals surface area (Å²) in [4.78, 5) is 2.43. The van der Waals surface area contributed by atoms with Crippen molar-refractivity contribution in [2.75, 3.05) is 19.6 Å². The Labute approximate surface area is 157 Å². The van der Waals surface area contributed by atoms with Crippen LogP contribution in [0.15, 0.2) is 46.9 Å². The number of aromatic nitrogens is 1. The standard InChI is InChI=1S/C21H25BrN2O/c22-16-9-10-21-19(13-16)18-7-3-4-8-20(18)24(21)15-17(25)14-23-11-5-1-2-6-12-23/h3-4,7-10,13,17,25H,1-2,5-6,11-12,14-15H2. The Morgan fingerprint density at radius 1 is 0.880 bits per heavy atom. The molecule has 2 aromatic carbocycles. The van der Waals surface area contributed by atoms with Crippen molar-refractivity contribution in [1.29, 1.82) is 0 Å². The van der Waals surface area contributed by atoms with Gasteiger partial charge in [-0.25, -0.2) is 0 Å². The fourth-order valence-corrected chi connectivity index (χ4v) is 4.47. The second kappa shape index (κ2) is 7.48. The molecule has 1 aliphatic heterocycles. The van der Waals surface area contributed by atoms with Crippen molar-refractivity contribution >= 4 is 37.7 Å². The summed E-state index contributed by atoms with van der Waals surface area (Å²) in [5, 5.41) is 13.3. The molecule has 1 aromatic heterocycles. The van der Waals surface area contributed by atoms with E-state index in [1.807, 2.05) is 0 Å². The van der Waals surface area contributed by atoms with Gasteiger partial charge in [-0.1, -0.05) is 47.0 Å². The topological polar surface area (TPSA) is 28.4 Å². The highest BCUT2D eigenvalue weighted by Gasteiger charge is 2.17. The molecule has 1 atom stereocenters. The van der Waals surface area contributed by atoms with E-state index in [0.717, 1.165) is 24.1 Å². The van der Waals surface area contributed by atoms with Crippen LogP contribution in [0.5, 0.6) is 0 Å². The first-order chi connectivity index (χ1) is 12.2. The quantitative estimate of drug-likeness (QED) is 0.681. The molecular formula is C21H25BrN2O. The first kappa shape index (κ1) is 17.1. The smallest absolute Gasteiger partial charge is 0.0845 e. The number of para-hydroxylation sites is 1. The summed E-state index contributed by atoms with van der Waals surface area (Å²) in [6.45, 7) is 3.65. The summed E-state index contributed by atoms with van der Waals surface area (Å²) >= 11 is 3.59. The van der Waals surface area contributed by atoms with Crippen molar-refractivity contribution in [1.82, 2.24) is 9.47 Å². The number of hydrogen-bond donors (Lipinski definition) is 1. The van der Waals surface area contributed by atoms with Crippen LogP contribution < -0.4 is 0 Å². The lowest BCUT2D eigenvalue weighted by Crippen LogP contribution is -2.35. The SMILES string of the molecule is OC(CN1CCCCCC1)Cn1c2ccccc2c2cc(Br)ccc21. The minimum absolute atomic E-state index is 0.347. The largest absolute Gasteiger partial charge is 0.390 e. The number of hydrogen-bond acceptors (Lipinski definition) is 2.